The lowest BCUT2D eigenvalue weighted by Crippen LogP contribution is -2.14. The quantitative estimate of drug-likeness (QED) is 0.573. The SMILES string of the molecule is CCOCc1ccc(C2CCC(C#Cc3ccc(OC)c(F)c3)CC2)c(F)c1F. The lowest BCUT2D eigenvalue weighted by atomic mass is 9.78. The van der Waals surface area contributed by atoms with Gasteiger partial charge in [-0.15, -0.1) is 0 Å². The van der Waals surface area contributed by atoms with E-state index in [4.69, 9.17) is 9.47 Å². The summed E-state index contributed by atoms with van der Waals surface area (Å²) >= 11 is 0. The molecule has 2 aromatic rings. The lowest BCUT2D eigenvalue weighted by Gasteiger charge is -2.26. The number of benzene rings is 2. The van der Waals surface area contributed by atoms with Gasteiger partial charge in [0.25, 0.3) is 0 Å². The fourth-order valence-electron chi connectivity index (χ4n) is 3.72. The minimum Gasteiger partial charge on any atom is -0.494 e. The van der Waals surface area contributed by atoms with Gasteiger partial charge in [0.05, 0.1) is 13.7 Å². The summed E-state index contributed by atoms with van der Waals surface area (Å²) in [6.07, 6.45) is 3.10. The van der Waals surface area contributed by atoms with E-state index < -0.39 is 17.5 Å². The first-order chi connectivity index (χ1) is 14.0. The topological polar surface area (TPSA) is 18.5 Å². The van der Waals surface area contributed by atoms with Crippen molar-refractivity contribution < 1.29 is 22.6 Å². The van der Waals surface area contributed by atoms with Crippen molar-refractivity contribution in [2.24, 2.45) is 5.92 Å². The highest BCUT2D eigenvalue weighted by Crippen LogP contribution is 2.37. The van der Waals surface area contributed by atoms with Crippen LogP contribution in [0.2, 0.25) is 0 Å². The molecule has 2 aromatic carbocycles. The third-order valence-corrected chi connectivity index (χ3v) is 5.39. The Kier molecular flexibility index (Phi) is 7.22. The van der Waals surface area contributed by atoms with Crippen molar-refractivity contribution in [1.82, 2.24) is 0 Å². The molecule has 29 heavy (non-hydrogen) atoms. The highest BCUT2D eigenvalue weighted by Gasteiger charge is 2.25. The average molecular weight is 402 g/mol. The molecule has 5 heteroatoms. The van der Waals surface area contributed by atoms with E-state index in [2.05, 4.69) is 11.8 Å². The van der Waals surface area contributed by atoms with Crippen LogP contribution in [0.4, 0.5) is 13.2 Å². The zero-order chi connectivity index (χ0) is 20.8. The minimum atomic E-state index is -0.806. The largest absolute Gasteiger partial charge is 0.494 e. The summed E-state index contributed by atoms with van der Waals surface area (Å²) in [5.74, 6) is 4.55. The normalized spacial score (nSPS) is 18.8. The Balaban J connectivity index is 1.63. The van der Waals surface area contributed by atoms with E-state index in [1.807, 2.05) is 6.92 Å². The molecule has 0 aromatic heterocycles. The Morgan fingerprint density at radius 2 is 1.76 bits per heavy atom. The lowest BCUT2D eigenvalue weighted by molar-refractivity contribution is 0.131. The van der Waals surface area contributed by atoms with E-state index in [-0.39, 0.29) is 29.8 Å². The van der Waals surface area contributed by atoms with Crippen molar-refractivity contribution in [1.29, 1.82) is 0 Å². The Bertz CT molecular complexity index is 906. The molecule has 154 valence electrons. The summed E-state index contributed by atoms with van der Waals surface area (Å²) in [6, 6.07) is 7.95. The molecule has 0 saturated heterocycles. The molecule has 0 aliphatic heterocycles. The predicted octanol–water partition coefficient (Wildman–Crippen LogP) is 5.97. The summed E-state index contributed by atoms with van der Waals surface area (Å²) in [5, 5.41) is 0. The smallest absolute Gasteiger partial charge is 0.166 e. The molecule has 0 bridgehead atoms. The van der Waals surface area contributed by atoms with Crippen molar-refractivity contribution in [3.63, 3.8) is 0 Å². The van der Waals surface area contributed by atoms with Crippen LogP contribution in [0, 0.1) is 35.2 Å². The van der Waals surface area contributed by atoms with Gasteiger partial charge >= 0.3 is 0 Å². The zero-order valence-electron chi connectivity index (χ0n) is 16.7. The maximum atomic E-state index is 14.5. The summed E-state index contributed by atoms with van der Waals surface area (Å²) < 4.78 is 52.7. The summed E-state index contributed by atoms with van der Waals surface area (Å²) in [7, 11) is 1.42. The van der Waals surface area contributed by atoms with Gasteiger partial charge in [0.2, 0.25) is 0 Å². The van der Waals surface area contributed by atoms with Gasteiger partial charge in [0.15, 0.2) is 23.2 Å². The van der Waals surface area contributed by atoms with Gasteiger partial charge in [0, 0.05) is 23.7 Å². The van der Waals surface area contributed by atoms with Crippen molar-refractivity contribution >= 4 is 0 Å². The molecule has 3 rings (SSSR count). The molecule has 1 saturated carbocycles. The first-order valence-corrected chi connectivity index (χ1v) is 9.93. The van der Waals surface area contributed by atoms with Crippen LogP contribution in [-0.4, -0.2) is 13.7 Å². The van der Waals surface area contributed by atoms with Crippen LogP contribution in [0.5, 0.6) is 5.75 Å². The molecule has 1 aliphatic carbocycles. The molecular formula is C24H25F3O2. The molecule has 1 aliphatic rings. The Labute approximate surface area is 170 Å². The number of hydrogen-bond acceptors (Lipinski definition) is 2. The maximum Gasteiger partial charge on any atom is 0.166 e. The summed E-state index contributed by atoms with van der Waals surface area (Å²) in [5.41, 5.74) is 1.29. The van der Waals surface area contributed by atoms with Gasteiger partial charge in [0.1, 0.15) is 0 Å². The van der Waals surface area contributed by atoms with Gasteiger partial charge < -0.3 is 9.47 Å². The summed E-state index contributed by atoms with van der Waals surface area (Å²) in [4.78, 5) is 0. The van der Waals surface area contributed by atoms with Crippen molar-refractivity contribution in [3.8, 4) is 17.6 Å². The molecule has 2 nitrogen and oxygen atoms in total. The second kappa shape index (κ2) is 9.84. The number of rotatable bonds is 5. The van der Waals surface area contributed by atoms with Crippen LogP contribution in [0.3, 0.4) is 0 Å². The van der Waals surface area contributed by atoms with E-state index in [0.29, 0.717) is 17.7 Å². The molecular weight excluding hydrogens is 377 g/mol. The fourth-order valence-corrected chi connectivity index (χ4v) is 3.72. The summed E-state index contributed by atoms with van der Waals surface area (Å²) in [6.45, 7) is 2.35. The monoisotopic (exact) mass is 402 g/mol. The highest BCUT2D eigenvalue weighted by atomic mass is 19.2. The predicted molar refractivity (Wildman–Crippen MR) is 106 cm³/mol. The number of hydrogen-bond donors (Lipinski definition) is 0. The fraction of sp³-hybridized carbons (Fsp3) is 0.417. The highest BCUT2D eigenvalue weighted by molar-refractivity contribution is 5.39. The molecule has 0 heterocycles. The molecule has 0 unspecified atom stereocenters. The molecule has 0 radical (unpaired) electrons. The standard InChI is InChI=1S/C24H25F3O2/c1-3-29-15-19-11-12-20(24(27)23(19)26)18-9-6-16(7-10-18)4-5-17-8-13-22(28-2)21(25)14-17/h8,11-14,16,18H,3,6-7,9-10,15H2,1-2H3. The van der Waals surface area contributed by atoms with E-state index >= 15 is 0 Å². The van der Waals surface area contributed by atoms with Crippen LogP contribution in [0.1, 0.15) is 55.2 Å². The molecule has 1 fully saturated rings. The minimum absolute atomic E-state index is 0.0119. The van der Waals surface area contributed by atoms with Gasteiger partial charge in [-0.05, 0) is 62.3 Å². The van der Waals surface area contributed by atoms with Crippen LogP contribution in [0.15, 0.2) is 30.3 Å². The Hall–Kier alpha value is -2.45. The number of methoxy groups -OCH3 is 1. The van der Waals surface area contributed by atoms with E-state index in [1.165, 1.54) is 13.2 Å². The zero-order valence-corrected chi connectivity index (χ0v) is 16.7. The second-order valence-electron chi connectivity index (χ2n) is 7.25. The molecule has 0 amide bonds. The van der Waals surface area contributed by atoms with Crippen molar-refractivity contribution in [2.45, 2.75) is 45.1 Å². The number of halogens is 3. The molecule has 0 atom stereocenters. The van der Waals surface area contributed by atoms with E-state index in [9.17, 15) is 13.2 Å². The molecule has 0 N–H and O–H groups in total. The average Bonchev–Trinajstić information content (AvgIpc) is 2.74. The third kappa shape index (κ3) is 5.13. The Morgan fingerprint density at radius 3 is 2.41 bits per heavy atom. The molecule has 0 spiro atoms. The van der Waals surface area contributed by atoms with Crippen molar-refractivity contribution in [2.75, 3.05) is 13.7 Å². The van der Waals surface area contributed by atoms with Crippen LogP contribution < -0.4 is 4.74 Å². The van der Waals surface area contributed by atoms with E-state index in [0.717, 1.165) is 25.7 Å². The van der Waals surface area contributed by atoms with Crippen LogP contribution in [0.25, 0.3) is 0 Å². The van der Waals surface area contributed by atoms with Crippen LogP contribution in [-0.2, 0) is 11.3 Å². The number of ether oxygens (including phenoxy) is 2. The van der Waals surface area contributed by atoms with Gasteiger partial charge in [-0.2, -0.15) is 0 Å². The first kappa shape index (κ1) is 21.3. The first-order valence-electron chi connectivity index (χ1n) is 9.93. The van der Waals surface area contributed by atoms with Gasteiger partial charge in [-0.25, -0.2) is 13.2 Å². The van der Waals surface area contributed by atoms with Gasteiger partial charge in [-0.1, -0.05) is 24.0 Å². The maximum absolute atomic E-state index is 14.5. The third-order valence-electron chi connectivity index (χ3n) is 5.39. The second-order valence-corrected chi connectivity index (χ2v) is 7.25. The Morgan fingerprint density at radius 1 is 1.00 bits per heavy atom. The van der Waals surface area contributed by atoms with Crippen molar-refractivity contribution in [3.05, 3.63) is 64.5 Å². The van der Waals surface area contributed by atoms with E-state index in [1.54, 1.807) is 24.3 Å². The van der Waals surface area contributed by atoms with Gasteiger partial charge in [-0.3, -0.25) is 0 Å². The van der Waals surface area contributed by atoms with Crippen LogP contribution >= 0.6 is 0 Å².